The molecular weight excluding hydrogens is 210 g/mol. The predicted octanol–water partition coefficient (Wildman–Crippen LogP) is 2.91. The Bertz CT molecular complexity index is 421. The lowest BCUT2D eigenvalue weighted by molar-refractivity contribution is -0.107. The molecule has 0 spiro atoms. The number of aryl methyl sites for hydroxylation is 1. The van der Waals surface area contributed by atoms with Crippen molar-refractivity contribution in [1.82, 2.24) is 4.98 Å². The van der Waals surface area contributed by atoms with E-state index in [0.717, 1.165) is 31.4 Å². The Morgan fingerprint density at radius 3 is 2.88 bits per heavy atom. The van der Waals surface area contributed by atoms with E-state index in [4.69, 9.17) is 0 Å². The molecule has 1 unspecified atom stereocenters. The first-order valence-corrected chi connectivity index (χ1v) is 6.76. The van der Waals surface area contributed by atoms with Crippen molar-refractivity contribution in [2.75, 3.05) is 0 Å². The van der Waals surface area contributed by atoms with Crippen LogP contribution >= 0.6 is 0 Å². The van der Waals surface area contributed by atoms with E-state index in [1.165, 1.54) is 5.56 Å². The second-order valence-electron chi connectivity index (χ2n) is 6.15. The van der Waals surface area contributed by atoms with E-state index in [9.17, 15) is 5.11 Å². The van der Waals surface area contributed by atoms with Gasteiger partial charge in [-0.25, -0.2) is 0 Å². The molecule has 1 heterocycles. The van der Waals surface area contributed by atoms with Crippen molar-refractivity contribution in [2.24, 2.45) is 11.8 Å². The summed E-state index contributed by atoms with van der Waals surface area (Å²) in [4.78, 5) is 4.50. The van der Waals surface area contributed by atoms with Crippen LogP contribution in [0.4, 0.5) is 0 Å². The molecule has 0 radical (unpaired) electrons. The lowest BCUT2D eigenvalue weighted by atomic mass is 9.60. The second-order valence-corrected chi connectivity index (χ2v) is 6.15. The molecule has 1 N–H and O–H groups in total. The normalized spacial score (nSPS) is 35.8. The van der Waals surface area contributed by atoms with Crippen LogP contribution in [0.3, 0.4) is 0 Å². The standard InChI is InChI=1S/C15H21NO/c1-10(2)12-8-15(17,9-12)13-6-5-11-4-3-7-16-14(11)13/h3-4,7,10,12-13,17H,5-6,8-9H2,1-2H3. The molecule has 2 aliphatic carbocycles. The van der Waals surface area contributed by atoms with Gasteiger partial charge >= 0.3 is 0 Å². The second kappa shape index (κ2) is 3.81. The molecule has 3 rings (SSSR count). The molecule has 1 fully saturated rings. The Balaban J connectivity index is 1.80. The van der Waals surface area contributed by atoms with E-state index in [2.05, 4.69) is 24.9 Å². The Hall–Kier alpha value is -0.890. The van der Waals surface area contributed by atoms with Crippen molar-refractivity contribution < 1.29 is 5.11 Å². The van der Waals surface area contributed by atoms with Crippen LogP contribution in [-0.2, 0) is 6.42 Å². The lowest BCUT2D eigenvalue weighted by Gasteiger charge is -2.49. The highest BCUT2D eigenvalue weighted by Crippen LogP contribution is 2.53. The maximum absolute atomic E-state index is 10.7. The fraction of sp³-hybridized carbons (Fsp3) is 0.667. The third-order valence-corrected chi connectivity index (χ3v) is 4.78. The zero-order chi connectivity index (χ0) is 12.0. The monoisotopic (exact) mass is 231 g/mol. The number of nitrogens with zero attached hydrogens (tertiary/aromatic N) is 1. The number of hydrogen-bond donors (Lipinski definition) is 1. The molecule has 0 aromatic carbocycles. The summed E-state index contributed by atoms with van der Waals surface area (Å²) in [6.45, 7) is 4.51. The van der Waals surface area contributed by atoms with E-state index in [1.807, 2.05) is 12.3 Å². The van der Waals surface area contributed by atoms with Gasteiger partial charge in [0.1, 0.15) is 0 Å². The molecule has 17 heavy (non-hydrogen) atoms. The van der Waals surface area contributed by atoms with Crippen molar-refractivity contribution in [1.29, 1.82) is 0 Å². The molecule has 0 aliphatic heterocycles. The first-order valence-electron chi connectivity index (χ1n) is 6.76. The van der Waals surface area contributed by atoms with Gasteiger partial charge in [-0.05, 0) is 49.1 Å². The summed E-state index contributed by atoms with van der Waals surface area (Å²) in [6.07, 6.45) is 5.95. The summed E-state index contributed by atoms with van der Waals surface area (Å²) in [5.74, 6) is 1.68. The van der Waals surface area contributed by atoms with Crippen LogP contribution in [0.25, 0.3) is 0 Å². The number of hydrogen-bond acceptors (Lipinski definition) is 2. The number of aliphatic hydroxyl groups is 1. The fourth-order valence-electron chi connectivity index (χ4n) is 3.54. The van der Waals surface area contributed by atoms with Gasteiger partial charge in [0.2, 0.25) is 0 Å². The van der Waals surface area contributed by atoms with Gasteiger partial charge < -0.3 is 5.11 Å². The highest BCUT2D eigenvalue weighted by Gasteiger charge is 2.51. The Morgan fingerprint density at radius 2 is 2.18 bits per heavy atom. The highest BCUT2D eigenvalue weighted by atomic mass is 16.3. The summed E-state index contributed by atoms with van der Waals surface area (Å²) in [5, 5.41) is 10.7. The van der Waals surface area contributed by atoms with Crippen molar-refractivity contribution in [3.63, 3.8) is 0 Å². The van der Waals surface area contributed by atoms with Gasteiger partial charge in [-0.15, -0.1) is 0 Å². The summed E-state index contributed by atoms with van der Waals surface area (Å²) < 4.78 is 0. The number of aromatic nitrogens is 1. The van der Waals surface area contributed by atoms with Crippen molar-refractivity contribution in [3.8, 4) is 0 Å². The minimum Gasteiger partial charge on any atom is -0.389 e. The summed E-state index contributed by atoms with van der Waals surface area (Å²) in [6, 6.07) is 4.16. The summed E-state index contributed by atoms with van der Waals surface area (Å²) in [5.41, 5.74) is 2.05. The topological polar surface area (TPSA) is 33.1 Å². The largest absolute Gasteiger partial charge is 0.389 e. The number of fused-ring (bicyclic) bond motifs is 1. The third kappa shape index (κ3) is 1.70. The van der Waals surface area contributed by atoms with E-state index < -0.39 is 5.60 Å². The van der Waals surface area contributed by atoms with E-state index in [1.54, 1.807) is 0 Å². The predicted molar refractivity (Wildman–Crippen MR) is 67.8 cm³/mol. The number of pyridine rings is 1. The smallest absolute Gasteiger partial charge is 0.0736 e. The molecule has 1 atom stereocenters. The number of rotatable bonds is 2. The molecule has 1 aromatic heterocycles. The van der Waals surface area contributed by atoms with Gasteiger partial charge in [-0.2, -0.15) is 0 Å². The molecule has 0 saturated heterocycles. The molecule has 92 valence electrons. The van der Waals surface area contributed by atoms with Crippen molar-refractivity contribution in [3.05, 3.63) is 29.6 Å². The Kier molecular flexibility index (Phi) is 2.51. The van der Waals surface area contributed by atoms with Gasteiger partial charge in [-0.3, -0.25) is 4.98 Å². The highest BCUT2D eigenvalue weighted by molar-refractivity contribution is 5.32. The minimum atomic E-state index is -0.464. The first-order chi connectivity index (χ1) is 8.10. The van der Waals surface area contributed by atoms with Gasteiger partial charge in [0.15, 0.2) is 0 Å². The van der Waals surface area contributed by atoms with E-state index in [0.29, 0.717) is 11.8 Å². The third-order valence-electron chi connectivity index (χ3n) is 4.78. The van der Waals surface area contributed by atoms with Crippen LogP contribution in [0.1, 0.15) is 50.3 Å². The van der Waals surface area contributed by atoms with Crippen LogP contribution in [0.15, 0.2) is 18.3 Å². The molecule has 2 heteroatoms. The fourth-order valence-corrected chi connectivity index (χ4v) is 3.54. The maximum atomic E-state index is 10.7. The Labute approximate surface area is 103 Å². The quantitative estimate of drug-likeness (QED) is 0.849. The van der Waals surface area contributed by atoms with Gasteiger partial charge in [-0.1, -0.05) is 19.9 Å². The average Bonchev–Trinajstić information content (AvgIpc) is 2.68. The van der Waals surface area contributed by atoms with E-state index in [-0.39, 0.29) is 5.92 Å². The summed E-state index contributed by atoms with van der Waals surface area (Å²) >= 11 is 0. The van der Waals surface area contributed by atoms with Crippen LogP contribution in [-0.4, -0.2) is 15.7 Å². The maximum Gasteiger partial charge on any atom is 0.0736 e. The van der Waals surface area contributed by atoms with Crippen molar-refractivity contribution in [2.45, 2.75) is 51.0 Å². The summed E-state index contributed by atoms with van der Waals surface area (Å²) in [7, 11) is 0. The van der Waals surface area contributed by atoms with Crippen LogP contribution in [0.2, 0.25) is 0 Å². The van der Waals surface area contributed by atoms with E-state index >= 15 is 0 Å². The van der Waals surface area contributed by atoms with Gasteiger partial charge in [0, 0.05) is 17.8 Å². The first kappa shape index (κ1) is 11.2. The zero-order valence-corrected chi connectivity index (χ0v) is 10.7. The minimum absolute atomic E-state index is 0.286. The molecule has 2 aliphatic rings. The van der Waals surface area contributed by atoms with Gasteiger partial charge in [0.25, 0.3) is 0 Å². The van der Waals surface area contributed by atoms with Crippen LogP contribution in [0, 0.1) is 11.8 Å². The average molecular weight is 231 g/mol. The van der Waals surface area contributed by atoms with Crippen LogP contribution in [0.5, 0.6) is 0 Å². The molecule has 0 bridgehead atoms. The Morgan fingerprint density at radius 1 is 1.41 bits per heavy atom. The SMILES string of the molecule is CC(C)C1CC(O)(C2CCc3cccnc32)C1. The molecule has 0 amide bonds. The zero-order valence-electron chi connectivity index (χ0n) is 10.7. The lowest BCUT2D eigenvalue weighted by Crippen LogP contribution is -2.49. The molecule has 1 aromatic rings. The van der Waals surface area contributed by atoms with Crippen LogP contribution < -0.4 is 0 Å². The van der Waals surface area contributed by atoms with Gasteiger partial charge in [0.05, 0.1) is 5.60 Å². The molecule has 2 nitrogen and oxygen atoms in total. The molecule has 1 saturated carbocycles. The molecular formula is C15H21NO. The van der Waals surface area contributed by atoms with Crippen molar-refractivity contribution >= 4 is 0 Å².